The van der Waals surface area contributed by atoms with E-state index in [0.717, 1.165) is 29.1 Å². The van der Waals surface area contributed by atoms with Crippen molar-refractivity contribution < 1.29 is 4.79 Å². The van der Waals surface area contributed by atoms with Crippen LogP contribution in [0.4, 0.5) is 11.4 Å². The van der Waals surface area contributed by atoms with E-state index < -0.39 is 0 Å². The highest BCUT2D eigenvalue weighted by atomic mass is 16.1. The number of Topliss-reactive ketones (excluding diaryl/α,β-unsaturated/α-hetero) is 1. The van der Waals surface area contributed by atoms with Crippen LogP contribution >= 0.6 is 0 Å². The number of hydrogen-bond acceptors (Lipinski definition) is 3. The molecule has 2 N–H and O–H groups in total. The van der Waals surface area contributed by atoms with Crippen molar-refractivity contribution >= 4 is 17.2 Å². The van der Waals surface area contributed by atoms with Crippen molar-refractivity contribution in [3.63, 3.8) is 0 Å². The monoisotopic (exact) mass is 290 g/mol. The van der Waals surface area contributed by atoms with Gasteiger partial charge in [-0.15, -0.1) is 0 Å². The Labute approximate surface area is 130 Å². The van der Waals surface area contributed by atoms with E-state index in [-0.39, 0.29) is 11.7 Å². The Kier molecular flexibility index (Phi) is 3.19. The lowest BCUT2D eigenvalue weighted by Crippen LogP contribution is -2.24. The normalized spacial score (nSPS) is 20.4. The first kappa shape index (κ1) is 13.1. The molecule has 110 valence electrons. The molecule has 0 fully saturated rings. The van der Waals surface area contributed by atoms with Crippen LogP contribution in [0, 0.1) is 0 Å². The smallest absolute Gasteiger partial charge is 0.163 e. The summed E-state index contributed by atoms with van der Waals surface area (Å²) in [5.41, 5.74) is 5.33. The Balaban J connectivity index is 1.68. The highest BCUT2D eigenvalue weighted by Gasteiger charge is 2.30. The zero-order chi connectivity index (χ0) is 14.9. The minimum absolute atomic E-state index is 0.253. The third kappa shape index (κ3) is 2.29. The summed E-state index contributed by atoms with van der Waals surface area (Å²) in [7, 11) is 0. The fraction of sp³-hybridized carbons (Fsp3) is 0.211. The van der Waals surface area contributed by atoms with Crippen molar-refractivity contribution in [2.24, 2.45) is 0 Å². The maximum Gasteiger partial charge on any atom is 0.163 e. The standard InChI is InChI=1S/C19H18N2O/c22-19-11-14(13-6-2-1-3-7-13)10-18-15(19)12-20-16-8-4-5-9-17(16)21-18/h1-9,14,20-21H,10-12H2. The van der Waals surface area contributed by atoms with Gasteiger partial charge in [0.1, 0.15) is 0 Å². The van der Waals surface area contributed by atoms with Crippen molar-refractivity contribution in [2.75, 3.05) is 17.2 Å². The molecular formula is C19H18N2O. The fourth-order valence-electron chi connectivity index (χ4n) is 3.34. The van der Waals surface area contributed by atoms with E-state index in [9.17, 15) is 4.79 Å². The molecule has 1 atom stereocenters. The molecule has 3 heteroatoms. The first-order chi connectivity index (χ1) is 10.8. The number of carbonyl (C=O) groups excluding carboxylic acids is 1. The number of allylic oxidation sites excluding steroid dienone is 1. The number of nitrogens with one attached hydrogen (secondary N) is 2. The number of hydrogen-bond donors (Lipinski definition) is 2. The van der Waals surface area contributed by atoms with Crippen LogP contribution < -0.4 is 10.6 Å². The van der Waals surface area contributed by atoms with Gasteiger partial charge in [0.15, 0.2) is 5.78 Å². The van der Waals surface area contributed by atoms with E-state index in [4.69, 9.17) is 0 Å². The predicted molar refractivity (Wildman–Crippen MR) is 89.0 cm³/mol. The molecule has 2 aromatic rings. The average Bonchev–Trinajstić information content (AvgIpc) is 2.75. The summed E-state index contributed by atoms with van der Waals surface area (Å²) in [5, 5.41) is 6.86. The van der Waals surface area contributed by atoms with Crippen molar-refractivity contribution in [1.29, 1.82) is 0 Å². The van der Waals surface area contributed by atoms with Crippen molar-refractivity contribution in [2.45, 2.75) is 18.8 Å². The molecule has 1 aliphatic carbocycles. The van der Waals surface area contributed by atoms with Crippen molar-refractivity contribution in [3.05, 3.63) is 71.4 Å². The summed E-state index contributed by atoms with van der Waals surface area (Å²) in [6.45, 7) is 0.611. The lowest BCUT2D eigenvalue weighted by atomic mass is 9.82. The van der Waals surface area contributed by atoms with Gasteiger partial charge in [-0.1, -0.05) is 42.5 Å². The van der Waals surface area contributed by atoms with E-state index in [1.54, 1.807) is 0 Å². The van der Waals surface area contributed by atoms with Crippen LogP contribution in [0.25, 0.3) is 0 Å². The summed E-state index contributed by atoms with van der Waals surface area (Å²) < 4.78 is 0. The largest absolute Gasteiger partial charge is 0.379 e. The van der Waals surface area contributed by atoms with Crippen LogP contribution in [0.5, 0.6) is 0 Å². The van der Waals surface area contributed by atoms with Crippen LogP contribution in [0.3, 0.4) is 0 Å². The van der Waals surface area contributed by atoms with Gasteiger partial charge in [0, 0.05) is 24.2 Å². The maximum absolute atomic E-state index is 12.6. The fourth-order valence-corrected chi connectivity index (χ4v) is 3.34. The Morgan fingerprint density at radius 3 is 2.41 bits per heavy atom. The number of para-hydroxylation sites is 2. The van der Waals surface area contributed by atoms with Crippen LogP contribution in [0.2, 0.25) is 0 Å². The second kappa shape index (κ2) is 5.34. The summed E-state index contributed by atoms with van der Waals surface area (Å²) >= 11 is 0. The van der Waals surface area contributed by atoms with Gasteiger partial charge >= 0.3 is 0 Å². The molecule has 22 heavy (non-hydrogen) atoms. The van der Waals surface area contributed by atoms with Crippen molar-refractivity contribution in [1.82, 2.24) is 0 Å². The molecule has 2 aromatic carbocycles. The van der Waals surface area contributed by atoms with Crippen LogP contribution in [0.15, 0.2) is 65.9 Å². The second-order valence-corrected chi connectivity index (χ2v) is 5.92. The second-order valence-electron chi connectivity index (χ2n) is 5.92. The molecule has 0 radical (unpaired) electrons. The average molecular weight is 290 g/mol. The van der Waals surface area contributed by atoms with Gasteiger partial charge in [0.05, 0.1) is 11.4 Å². The molecular weight excluding hydrogens is 272 g/mol. The lowest BCUT2D eigenvalue weighted by molar-refractivity contribution is -0.116. The van der Waals surface area contributed by atoms with E-state index in [0.29, 0.717) is 13.0 Å². The van der Waals surface area contributed by atoms with Crippen molar-refractivity contribution in [3.8, 4) is 0 Å². The highest BCUT2D eigenvalue weighted by Crippen LogP contribution is 2.37. The third-order valence-electron chi connectivity index (χ3n) is 4.52. The molecule has 2 aliphatic rings. The lowest BCUT2D eigenvalue weighted by Gasteiger charge is -2.26. The van der Waals surface area contributed by atoms with Crippen LogP contribution in [-0.2, 0) is 4.79 Å². The number of ketones is 1. The first-order valence-corrected chi connectivity index (χ1v) is 7.71. The topological polar surface area (TPSA) is 41.1 Å². The maximum atomic E-state index is 12.6. The van der Waals surface area contributed by atoms with Gasteiger partial charge in [-0.05, 0) is 30.0 Å². The van der Waals surface area contributed by atoms with E-state index in [2.05, 4.69) is 28.8 Å². The van der Waals surface area contributed by atoms with Gasteiger partial charge in [0.25, 0.3) is 0 Å². The van der Waals surface area contributed by atoms with E-state index in [1.165, 1.54) is 5.56 Å². The number of benzene rings is 2. The van der Waals surface area contributed by atoms with Crippen LogP contribution in [0.1, 0.15) is 24.3 Å². The van der Waals surface area contributed by atoms with E-state index in [1.807, 2.05) is 36.4 Å². The first-order valence-electron chi connectivity index (χ1n) is 7.71. The zero-order valence-corrected chi connectivity index (χ0v) is 12.3. The highest BCUT2D eigenvalue weighted by molar-refractivity contribution is 6.00. The molecule has 0 saturated carbocycles. The number of rotatable bonds is 1. The Morgan fingerprint density at radius 1 is 0.864 bits per heavy atom. The molecule has 4 rings (SSSR count). The number of fused-ring (bicyclic) bond motifs is 1. The predicted octanol–water partition coefficient (Wildman–Crippen LogP) is 3.92. The third-order valence-corrected chi connectivity index (χ3v) is 4.52. The Morgan fingerprint density at radius 2 is 1.59 bits per heavy atom. The summed E-state index contributed by atoms with van der Waals surface area (Å²) in [4.78, 5) is 12.6. The van der Waals surface area contributed by atoms with Gasteiger partial charge in [0.2, 0.25) is 0 Å². The molecule has 3 nitrogen and oxygen atoms in total. The zero-order valence-electron chi connectivity index (χ0n) is 12.3. The van der Waals surface area contributed by atoms with Gasteiger partial charge in [-0.2, -0.15) is 0 Å². The molecule has 1 unspecified atom stereocenters. The quantitative estimate of drug-likeness (QED) is 0.836. The number of carbonyl (C=O) groups is 1. The Bertz CT molecular complexity index is 749. The minimum Gasteiger partial charge on any atom is -0.379 e. The molecule has 0 aromatic heterocycles. The van der Waals surface area contributed by atoms with Gasteiger partial charge in [-0.3, -0.25) is 4.79 Å². The number of anilines is 2. The summed E-state index contributed by atoms with van der Waals surface area (Å²) in [5.74, 6) is 0.521. The minimum atomic E-state index is 0.253. The summed E-state index contributed by atoms with van der Waals surface area (Å²) in [6.07, 6.45) is 1.49. The van der Waals surface area contributed by atoms with Gasteiger partial charge in [-0.25, -0.2) is 0 Å². The molecule has 1 heterocycles. The SMILES string of the molecule is O=C1CC(c2ccccc2)CC2=C1CNc1ccccc1N2. The molecule has 0 spiro atoms. The molecule has 1 aliphatic heterocycles. The molecule has 0 amide bonds. The van der Waals surface area contributed by atoms with E-state index >= 15 is 0 Å². The van der Waals surface area contributed by atoms with Crippen LogP contribution in [-0.4, -0.2) is 12.3 Å². The molecule has 0 bridgehead atoms. The summed E-state index contributed by atoms with van der Waals surface area (Å²) in [6, 6.07) is 18.4. The Hall–Kier alpha value is -2.55. The molecule has 0 saturated heterocycles. The van der Waals surface area contributed by atoms with Gasteiger partial charge < -0.3 is 10.6 Å².